The van der Waals surface area contributed by atoms with Gasteiger partial charge in [-0.3, -0.25) is 10.1 Å². The summed E-state index contributed by atoms with van der Waals surface area (Å²) in [5, 5.41) is 11.2. The Hall–Kier alpha value is -3.14. The van der Waals surface area contributed by atoms with Crippen LogP contribution >= 0.6 is 11.8 Å². The first-order valence-electron chi connectivity index (χ1n) is 9.22. The van der Waals surface area contributed by atoms with Gasteiger partial charge in [-0.1, -0.05) is 37.7 Å². The van der Waals surface area contributed by atoms with Gasteiger partial charge < -0.3 is 4.74 Å². The van der Waals surface area contributed by atoms with Gasteiger partial charge >= 0.3 is 6.18 Å². The molecule has 0 N–H and O–H groups in total. The van der Waals surface area contributed by atoms with Crippen molar-refractivity contribution < 1.29 is 22.8 Å². The van der Waals surface area contributed by atoms with Crippen molar-refractivity contribution in [1.29, 1.82) is 0 Å². The van der Waals surface area contributed by atoms with Crippen molar-refractivity contribution in [2.75, 3.05) is 0 Å². The van der Waals surface area contributed by atoms with Crippen LogP contribution in [0.4, 0.5) is 18.9 Å². The van der Waals surface area contributed by atoms with E-state index in [-0.39, 0.29) is 17.5 Å². The smallest absolute Gasteiger partial charge is 0.416 e. The van der Waals surface area contributed by atoms with Gasteiger partial charge in [0.15, 0.2) is 5.16 Å². The highest BCUT2D eigenvalue weighted by atomic mass is 32.2. The standard InChI is InChI=1S/C21H18F3N3O3S/c1-13(2)18-11-19(30-17-9-7-16(8-10-17)27(28)29)26-20(25-18)31-12-14-3-5-15(6-4-14)21(22,23)24/h3-11,13H,12H2,1-2H3. The molecule has 0 aliphatic carbocycles. The van der Waals surface area contributed by atoms with Crippen LogP contribution < -0.4 is 4.74 Å². The fourth-order valence-electron chi connectivity index (χ4n) is 2.53. The van der Waals surface area contributed by atoms with Crippen LogP contribution in [-0.2, 0) is 11.9 Å². The van der Waals surface area contributed by atoms with E-state index in [1.807, 2.05) is 13.8 Å². The number of hydrogen-bond donors (Lipinski definition) is 0. The zero-order valence-electron chi connectivity index (χ0n) is 16.6. The molecule has 0 saturated heterocycles. The Balaban J connectivity index is 1.76. The molecular weight excluding hydrogens is 431 g/mol. The Bertz CT molecular complexity index is 1060. The largest absolute Gasteiger partial charge is 0.439 e. The topological polar surface area (TPSA) is 78.2 Å². The van der Waals surface area contributed by atoms with Crippen LogP contribution in [0.5, 0.6) is 11.6 Å². The second-order valence-corrected chi connectivity index (χ2v) is 7.85. The normalized spacial score (nSPS) is 11.5. The van der Waals surface area contributed by atoms with E-state index in [1.54, 1.807) is 6.07 Å². The number of halogens is 3. The van der Waals surface area contributed by atoms with Gasteiger partial charge in [0.25, 0.3) is 5.69 Å². The lowest BCUT2D eigenvalue weighted by Crippen LogP contribution is -2.04. The molecule has 0 aliphatic heterocycles. The summed E-state index contributed by atoms with van der Waals surface area (Å²) in [5.41, 5.74) is 0.694. The third-order valence-corrected chi connectivity index (χ3v) is 5.13. The van der Waals surface area contributed by atoms with Crippen LogP contribution in [0.1, 0.15) is 36.6 Å². The van der Waals surface area contributed by atoms with Crippen molar-refractivity contribution >= 4 is 17.4 Å². The molecule has 0 saturated carbocycles. The van der Waals surface area contributed by atoms with E-state index in [1.165, 1.54) is 48.2 Å². The third-order valence-electron chi connectivity index (χ3n) is 4.21. The van der Waals surface area contributed by atoms with E-state index in [4.69, 9.17) is 4.74 Å². The number of alkyl halides is 3. The van der Waals surface area contributed by atoms with Crippen LogP contribution in [0, 0.1) is 10.1 Å². The zero-order valence-corrected chi connectivity index (χ0v) is 17.4. The number of ether oxygens (including phenoxy) is 1. The van der Waals surface area contributed by atoms with E-state index in [0.717, 1.165) is 17.8 Å². The molecule has 0 amide bonds. The fourth-order valence-corrected chi connectivity index (χ4v) is 3.34. The summed E-state index contributed by atoms with van der Waals surface area (Å²) in [4.78, 5) is 19.1. The molecule has 0 radical (unpaired) electrons. The highest BCUT2D eigenvalue weighted by molar-refractivity contribution is 7.98. The number of benzene rings is 2. The lowest BCUT2D eigenvalue weighted by atomic mass is 10.1. The average Bonchev–Trinajstić information content (AvgIpc) is 2.72. The summed E-state index contributed by atoms with van der Waals surface area (Å²) in [6, 6.07) is 12.3. The highest BCUT2D eigenvalue weighted by Gasteiger charge is 2.29. The number of aromatic nitrogens is 2. The minimum atomic E-state index is -4.37. The Morgan fingerprint density at radius 3 is 2.26 bits per heavy atom. The van der Waals surface area contributed by atoms with E-state index in [2.05, 4.69) is 9.97 Å². The van der Waals surface area contributed by atoms with Crippen molar-refractivity contribution in [2.45, 2.75) is 36.9 Å². The van der Waals surface area contributed by atoms with Crippen LogP contribution in [0.15, 0.2) is 59.8 Å². The summed E-state index contributed by atoms with van der Waals surface area (Å²) in [6.45, 7) is 3.92. The lowest BCUT2D eigenvalue weighted by Gasteiger charge is -2.11. The van der Waals surface area contributed by atoms with Gasteiger partial charge in [-0.05, 0) is 35.7 Å². The Morgan fingerprint density at radius 1 is 1.06 bits per heavy atom. The van der Waals surface area contributed by atoms with E-state index < -0.39 is 16.7 Å². The zero-order chi connectivity index (χ0) is 22.6. The summed E-state index contributed by atoms with van der Waals surface area (Å²) in [6.07, 6.45) is -4.37. The molecule has 31 heavy (non-hydrogen) atoms. The Morgan fingerprint density at radius 2 is 1.71 bits per heavy atom. The molecule has 162 valence electrons. The average molecular weight is 449 g/mol. The van der Waals surface area contributed by atoms with Crippen molar-refractivity contribution in [2.24, 2.45) is 0 Å². The molecule has 0 atom stereocenters. The number of nitro benzene ring substituents is 1. The summed E-state index contributed by atoms with van der Waals surface area (Å²) < 4.78 is 43.8. The predicted molar refractivity (Wildman–Crippen MR) is 110 cm³/mol. The first-order valence-corrected chi connectivity index (χ1v) is 10.2. The minimum Gasteiger partial charge on any atom is -0.439 e. The van der Waals surface area contributed by atoms with Crippen LogP contribution in [-0.4, -0.2) is 14.9 Å². The number of non-ortho nitro benzene ring substituents is 1. The third kappa shape index (κ3) is 6.17. The second kappa shape index (κ2) is 9.34. The van der Waals surface area contributed by atoms with E-state index >= 15 is 0 Å². The maximum Gasteiger partial charge on any atom is 0.416 e. The number of hydrogen-bond acceptors (Lipinski definition) is 6. The maximum absolute atomic E-state index is 12.7. The van der Waals surface area contributed by atoms with Crippen LogP contribution in [0.25, 0.3) is 0 Å². The van der Waals surface area contributed by atoms with E-state index in [0.29, 0.717) is 22.2 Å². The van der Waals surface area contributed by atoms with Crippen molar-refractivity contribution in [3.8, 4) is 11.6 Å². The molecule has 0 bridgehead atoms. The minimum absolute atomic E-state index is 0.0503. The number of nitro groups is 1. The molecule has 10 heteroatoms. The summed E-state index contributed by atoms with van der Waals surface area (Å²) >= 11 is 1.28. The monoisotopic (exact) mass is 449 g/mol. The SMILES string of the molecule is CC(C)c1cc(Oc2ccc([N+](=O)[O-])cc2)nc(SCc2ccc(C(F)(F)F)cc2)n1. The van der Waals surface area contributed by atoms with Gasteiger partial charge in [-0.25, -0.2) is 4.98 Å². The number of rotatable bonds is 7. The van der Waals surface area contributed by atoms with Gasteiger partial charge in [0.1, 0.15) is 5.75 Å². The molecule has 3 rings (SSSR count). The van der Waals surface area contributed by atoms with Gasteiger partial charge in [0.2, 0.25) is 5.88 Å². The fraction of sp³-hybridized carbons (Fsp3) is 0.238. The van der Waals surface area contributed by atoms with Crippen molar-refractivity contribution in [3.63, 3.8) is 0 Å². The maximum atomic E-state index is 12.7. The molecule has 1 heterocycles. The molecule has 2 aromatic carbocycles. The summed E-state index contributed by atoms with van der Waals surface area (Å²) in [5.74, 6) is 1.14. The van der Waals surface area contributed by atoms with Gasteiger partial charge in [0.05, 0.1) is 16.2 Å². The first kappa shape index (κ1) is 22.5. The van der Waals surface area contributed by atoms with Gasteiger partial charge in [-0.2, -0.15) is 18.2 Å². The number of thioether (sulfide) groups is 1. The highest BCUT2D eigenvalue weighted by Crippen LogP contribution is 2.31. The van der Waals surface area contributed by atoms with Crippen molar-refractivity contribution in [1.82, 2.24) is 9.97 Å². The van der Waals surface area contributed by atoms with Crippen LogP contribution in [0.2, 0.25) is 0 Å². The Kier molecular flexibility index (Phi) is 6.79. The first-order chi connectivity index (χ1) is 14.6. The molecule has 0 fully saturated rings. The van der Waals surface area contributed by atoms with Crippen LogP contribution in [0.3, 0.4) is 0 Å². The van der Waals surface area contributed by atoms with Gasteiger partial charge in [-0.15, -0.1) is 0 Å². The van der Waals surface area contributed by atoms with E-state index in [9.17, 15) is 23.3 Å². The number of nitrogens with zero attached hydrogens (tertiary/aromatic N) is 3. The summed E-state index contributed by atoms with van der Waals surface area (Å²) in [7, 11) is 0. The molecule has 6 nitrogen and oxygen atoms in total. The molecule has 1 aromatic heterocycles. The van der Waals surface area contributed by atoms with Crippen molar-refractivity contribution in [3.05, 3.63) is 81.5 Å². The van der Waals surface area contributed by atoms with Gasteiger partial charge in [0, 0.05) is 24.0 Å². The molecule has 0 spiro atoms. The molecular formula is C21H18F3N3O3S. The molecule has 3 aromatic rings. The molecule has 0 aliphatic rings. The lowest BCUT2D eigenvalue weighted by molar-refractivity contribution is -0.384. The Labute approximate surface area is 180 Å². The molecule has 0 unspecified atom stereocenters. The second-order valence-electron chi connectivity index (χ2n) is 6.90. The quantitative estimate of drug-likeness (QED) is 0.175. The predicted octanol–water partition coefficient (Wildman–Crippen LogP) is 6.61.